The summed E-state index contributed by atoms with van der Waals surface area (Å²) >= 11 is 0. The van der Waals surface area contributed by atoms with E-state index >= 15 is 0 Å². The Morgan fingerprint density at radius 1 is 1.07 bits per heavy atom. The topological polar surface area (TPSA) is 62.9 Å². The molecule has 5 nitrogen and oxygen atoms in total. The third kappa shape index (κ3) is 3.70. The average molecular weight is 415 g/mol. The fraction of sp³-hybridized carbons (Fsp3) is 0.318. The van der Waals surface area contributed by atoms with E-state index in [9.17, 15) is 4.39 Å². The van der Waals surface area contributed by atoms with Crippen LogP contribution in [0.2, 0.25) is 0 Å². The quantitative estimate of drug-likeness (QED) is 0.790. The van der Waals surface area contributed by atoms with E-state index in [4.69, 9.17) is 10.5 Å². The molecule has 2 aromatic carbocycles. The molecule has 2 aromatic rings. The number of morpholine rings is 1. The molecule has 0 spiro atoms. The van der Waals surface area contributed by atoms with Crippen LogP contribution in [0.1, 0.15) is 29.2 Å². The Bertz CT molecular complexity index is 967. The summed E-state index contributed by atoms with van der Waals surface area (Å²) in [6.45, 7) is 3.38. The van der Waals surface area contributed by atoms with Crippen molar-refractivity contribution in [1.82, 2.24) is 5.32 Å². The molecule has 3 N–H and O–H groups in total. The van der Waals surface area contributed by atoms with Crippen LogP contribution in [0.15, 0.2) is 53.0 Å². The van der Waals surface area contributed by atoms with Crippen LogP contribution in [-0.2, 0) is 11.2 Å². The summed E-state index contributed by atoms with van der Waals surface area (Å²) in [6, 6.07) is 13.4. The first-order chi connectivity index (χ1) is 13.7. The number of hydrogen-bond donors (Lipinski definition) is 2. The van der Waals surface area contributed by atoms with Gasteiger partial charge in [0.2, 0.25) is 0 Å². The molecule has 0 saturated carbocycles. The number of ether oxygens (including phenoxy) is 1. The van der Waals surface area contributed by atoms with Crippen molar-refractivity contribution in [3.63, 3.8) is 0 Å². The normalized spacial score (nSPS) is 20.8. The van der Waals surface area contributed by atoms with Crippen molar-refractivity contribution in [1.29, 1.82) is 0 Å². The Balaban J connectivity index is 0.00000205. The SMILES string of the molecule is Cl.NC1=NC(c2ccc(N3CCOCC3)cc2)C2=C(N1)c1ccc(F)cc1CC2. The first kappa shape index (κ1) is 19.7. The van der Waals surface area contributed by atoms with Gasteiger partial charge in [0.05, 0.1) is 18.9 Å². The minimum absolute atomic E-state index is 0. The standard InChI is InChI=1S/C22H23FN4O.ClH/c23-16-4-8-18-15(13-16)3-7-19-20(25-22(24)26-21(18)19)14-1-5-17(6-2-14)27-9-11-28-12-10-27;/h1-2,4-6,8,13,20H,3,7,9-12H2,(H3,24,25,26);1H. The molecule has 2 heterocycles. The van der Waals surface area contributed by atoms with Gasteiger partial charge >= 0.3 is 0 Å². The molecule has 3 aliphatic rings. The summed E-state index contributed by atoms with van der Waals surface area (Å²) in [5.41, 5.74) is 12.7. The highest BCUT2D eigenvalue weighted by Crippen LogP contribution is 2.41. The molecule has 152 valence electrons. The Kier molecular flexibility index (Phi) is 5.48. The summed E-state index contributed by atoms with van der Waals surface area (Å²) in [5.74, 6) is 0.202. The fourth-order valence-electron chi connectivity index (χ4n) is 4.34. The van der Waals surface area contributed by atoms with Crippen LogP contribution in [-0.4, -0.2) is 32.3 Å². The van der Waals surface area contributed by atoms with Crippen LogP contribution >= 0.6 is 12.4 Å². The van der Waals surface area contributed by atoms with E-state index < -0.39 is 0 Å². The maximum Gasteiger partial charge on any atom is 0.194 e. The van der Waals surface area contributed by atoms with E-state index in [2.05, 4.69) is 39.5 Å². The van der Waals surface area contributed by atoms with Gasteiger partial charge in [-0.2, -0.15) is 0 Å². The lowest BCUT2D eigenvalue weighted by molar-refractivity contribution is 0.122. The monoisotopic (exact) mass is 414 g/mol. The molecule has 29 heavy (non-hydrogen) atoms. The second-order valence-corrected chi connectivity index (χ2v) is 7.43. The molecular formula is C22H24ClFN4O. The van der Waals surface area contributed by atoms with Crippen molar-refractivity contribution < 1.29 is 9.13 Å². The van der Waals surface area contributed by atoms with Crippen LogP contribution in [0.25, 0.3) is 5.70 Å². The van der Waals surface area contributed by atoms with Crippen molar-refractivity contribution >= 4 is 29.8 Å². The maximum atomic E-state index is 13.6. The number of aryl methyl sites for hydroxylation is 1. The van der Waals surface area contributed by atoms with Gasteiger partial charge in [0.25, 0.3) is 0 Å². The van der Waals surface area contributed by atoms with E-state index in [0.29, 0.717) is 5.96 Å². The first-order valence-electron chi connectivity index (χ1n) is 9.74. The molecule has 1 saturated heterocycles. The van der Waals surface area contributed by atoms with Gasteiger partial charge in [0.1, 0.15) is 11.9 Å². The van der Waals surface area contributed by atoms with E-state index in [0.717, 1.165) is 61.5 Å². The highest BCUT2D eigenvalue weighted by atomic mass is 35.5. The van der Waals surface area contributed by atoms with Crippen LogP contribution in [0.3, 0.4) is 0 Å². The second-order valence-electron chi connectivity index (χ2n) is 7.43. The molecule has 2 aliphatic heterocycles. The van der Waals surface area contributed by atoms with Gasteiger partial charge in [0, 0.05) is 24.3 Å². The predicted molar refractivity (Wildman–Crippen MR) is 116 cm³/mol. The number of anilines is 1. The third-order valence-electron chi connectivity index (χ3n) is 5.76. The predicted octanol–water partition coefficient (Wildman–Crippen LogP) is 3.40. The number of halogens is 2. The number of aliphatic imine (C=N–C) groups is 1. The smallest absolute Gasteiger partial charge is 0.194 e. The zero-order chi connectivity index (χ0) is 19.1. The lowest BCUT2D eigenvalue weighted by Gasteiger charge is -2.32. The minimum Gasteiger partial charge on any atom is -0.378 e. The maximum absolute atomic E-state index is 13.6. The van der Waals surface area contributed by atoms with Crippen molar-refractivity contribution in [2.75, 3.05) is 31.2 Å². The Morgan fingerprint density at radius 2 is 1.83 bits per heavy atom. The van der Waals surface area contributed by atoms with E-state index in [-0.39, 0.29) is 24.3 Å². The number of fused-ring (bicyclic) bond motifs is 2. The number of hydrogen-bond acceptors (Lipinski definition) is 5. The highest BCUT2D eigenvalue weighted by Gasteiger charge is 2.30. The Labute approximate surface area is 175 Å². The molecule has 0 radical (unpaired) electrons. The molecule has 0 aromatic heterocycles. The molecule has 0 amide bonds. The van der Waals surface area contributed by atoms with Crippen molar-refractivity contribution in [3.8, 4) is 0 Å². The summed E-state index contributed by atoms with van der Waals surface area (Å²) in [5, 5.41) is 3.22. The molecule has 7 heteroatoms. The number of benzene rings is 2. The summed E-state index contributed by atoms with van der Waals surface area (Å²) < 4.78 is 19.1. The number of nitrogens with two attached hydrogens (primary N) is 1. The van der Waals surface area contributed by atoms with Gasteiger partial charge in [-0.05, 0) is 59.9 Å². The number of rotatable bonds is 2. The summed E-state index contributed by atoms with van der Waals surface area (Å²) in [7, 11) is 0. The van der Waals surface area contributed by atoms with Crippen LogP contribution in [0.5, 0.6) is 0 Å². The Hall–Kier alpha value is -2.57. The first-order valence-corrected chi connectivity index (χ1v) is 9.74. The minimum atomic E-state index is -0.199. The van der Waals surface area contributed by atoms with Gasteiger partial charge in [-0.1, -0.05) is 12.1 Å². The molecular weight excluding hydrogens is 391 g/mol. The lowest BCUT2D eigenvalue weighted by atomic mass is 9.83. The molecule has 1 unspecified atom stereocenters. The second kappa shape index (κ2) is 8.05. The molecule has 1 atom stereocenters. The third-order valence-corrected chi connectivity index (χ3v) is 5.76. The number of nitrogens with zero attached hydrogens (tertiary/aromatic N) is 2. The molecule has 1 fully saturated rings. The van der Waals surface area contributed by atoms with Crippen molar-refractivity contribution in [3.05, 3.63) is 70.5 Å². The average Bonchev–Trinajstić information content (AvgIpc) is 2.73. The molecule has 5 rings (SSSR count). The number of nitrogens with one attached hydrogen (secondary N) is 1. The highest BCUT2D eigenvalue weighted by molar-refractivity contribution is 5.92. The van der Waals surface area contributed by atoms with Gasteiger partial charge in [0.15, 0.2) is 5.96 Å². The molecule has 0 bridgehead atoms. The van der Waals surface area contributed by atoms with Crippen molar-refractivity contribution in [2.24, 2.45) is 10.7 Å². The van der Waals surface area contributed by atoms with E-state index in [1.54, 1.807) is 6.07 Å². The van der Waals surface area contributed by atoms with Crippen LogP contribution in [0, 0.1) is 5.82 Å². The zero-order valence-corrected chi connectivity index (χ0v) is 16.8. The molecule has 1 aliphatic carbocycles. The van der Waals surface area contributed by atoms with Crippen LogP contribution in [0.4, 0.5) is 10.1 Å². The number of guanidine groups is 1. The van der Waals surface area contributed by atoms with Gasteiger partial charge in [-0.25, -0.2) is 9.38 Å². The van der Waals surface area contributed by atoms with E-state index in [1.807, 2.05) is 6.07 Å². The Morgan fingerprint density at radius 3 is 2.59 bits per heavy atom. The zero-order valence-electron chi connectivity index (χ0n) is 16.0. The van der Waals surface area contributed by atoms with Crippen molar-refractivity contribution in [2.45, 2.75) is 18.9 Å². The largest absolute Gasteiger partial charge is 0.378 e. The van der Waals surface area contributed by atoms with Gasteiger partial charge in [-0.15, -0.1) is 12.4 Å². The fourth-order valence-corrected chi connectivity index (χ4v) is 4.34. The van der Waals surface area contributed by atoms with E-state index in [1.165, 1.54) is 17.3 Å². The summed E-state index contributed by atoms with van der Waals surface area (Å²) in [6.07, 6.45) is 1.65. The van der Waals surface area contributed by atoms with Crippen LogP contribution < -0.4 is 16.0 Å². The van der Waals surface area contributed by atoms with Gasteiger partial charge < -0.3 is 20.7 Å². The van der Waals surface area contributed by atoms with Gasteiger partial charge in [-0.3, -0.25) is 0 Å². The summed E-state index contributed by atoms with van der Waals surface area (Å²) in [4.78, 5) is 7.02. The lowest BCUT2D eigenvalue weighted by Crippen LogP contribution is -2.37.